The predicted octanol–water partition coefficient (Wildman–Crippen LogP) is 7.79. The maximum atomic E-state index is 13.4. The van der Waals surface area contributed by atoms with Crippen molar-refractivity contribution in [1.82, 2.24) is 19.4 Å². The van der Waals surface area contributed by atoms with Crippen molar-refractivity contribution in [2.75, 3.05) is 0 Å². The highest BCUT2D eigenvalue weighted by Crippen LogP contribution is 2.38. The van der Waals surface area contributed by atoms with Gasteiger partial charge in [-0.25, -0.2) is 9.78 Å². The summed E-state index contributed by atoms with van der Waals surface area (Å²) in [6.07, 6.45) is 6.18. The van der Waals surface area contributed by atoms with Crippen LogP contribution in [0, 0.1) is 11.8 Å². The van der Waals surface area contributed by atoms with Gasteiger partial charge in [-0.05, 0) is 91.5 Å². The third kappa shape index (κ3) is 7.53. The van der Waals surface area contributed by atoms with Crippen molar-refractivity contribution >= 4 is 17.3 Å². The Kier molecular flexibility index (Phi) is 9.46. The first-order valence-corrected chi connectivity index (χ1v) is 15.0. The van der Waals surface area contributed by atoms with Crippen LogP contribution in [0.5, 0.6) is 0 Å². The summed E-state index contributed by atoms with van der Waals surface area (Å²) in [5.41, 5.74) is 2.92. The smallest absolute Gasteiger partial charge is 0.410 e. The summed E-state index contributed by atoms with van der Waals surface area (Å²) in [6.45, 7) is 24.1. The van der Waals surface area contributed by atoms with Crippen molar-refractivity contribution in [1.29, 1.82) is 0 Å². The Bertz CT molecular complexity index is 1120. The van der Waals surface area contributed by atoms with Crippen LogP contribution in [0.15, 0.2) is 12.3 Å². The maximum absolute atomic E-state index is 13.4. The molecule has 1 amide bonds. The molecular weight excluding hydrogens is 488 g/mol. The van der Waals surface area contributed by atoms with Gasteiger partial charge in [0.25, 0.3) is 0 Å². The van der Waals surface area contributed by atoms with Crippen LogP contribution in [0.1, 0.15) is 132 Å². The second kappa shape index (κ2) is 11.8. The van der Waals surface area contributed by atoms with E-state index < -0.39 is 11.7 Å². The fourth-order valence-electron chi connectivity index (χ4n) is 6.23. The molecule has 220 valence electrons. The monoisotopic (exact) mass is 542 g/mol. The Morgan fingerprint density at radius 3 is 2.41 bits per heavy atom. The first-order chi connectivity index (χ1) is 17.9. The number of carbonyl (C=O) groups is 1. The molecule has 3 rings (SSSR count). The van der Waals surface area contributed by atoms with Crippen molar-refractivity contribution < 1.29 is 14.6 Å². The summed E-state index contributed by atoms with van der Waals surface area (Å²) in [5, 5.41) is 11.1. The number of rotatable bonds is 10. The number of fused-ring (bicyclic) bond motifs is 3. The average Bonchev–Trinajstić information content (AvgIpc) is 3.30. The van der Waals surface area contributed by atoms with E-state index in [1.165, 1.54) is 5.69 Å². The number of nitrogens with zero attached hydrogens (tertiary/aromatic N) is 4. The lowest BCUT2D eigenvalue weighted by atomic mass is 9.82. The van der Waals surface area contributed by atoms with E-state index in [-0.39, 0.29) is 23.1 Å². The van der Waals surface area contributed by atoms with Gasteiger partial charge in [0.2, 0.25) is 0 Å². The first kappa shape index (κ1) is 31.4. The van der Waals surface area contributed by atoms with Gasteiger partial charge in [-0.1, -0.05) is 41.0 Å². The molecule has 0 saturated heterocycles. The first-order valence-electron chi connectivity index (χ1n) is 15.0. The highest BCUT2D eigenvalue weighted by Gasteiger charge is 2.39. The third-order valence-electron chi connectivity index (χ3n) is 8.05. The van der Waals surface area contributed by atoms with E-state index in [1.54, 1.807) is 6.20 Å². The number of aromatic nitrogens is 3. The molecule has 3 heterocycles. The lowest BCUT2D eigenvalue weighted by molar-refractivity contribution is -0.0208. The second-order valence-electron chi connectivity index (χ2n) is 14.7. The summed E-state index contributed by atoms with van der Waals surface area (Å²) in [6, 6.07) is 2.21. The van der Waals surface area contributed by atoms with Crippen molar-refractivity contribution in [3.05, 3.63) is 23.7 Å². The molecule has 1 aliphatic heterocycles. The van der Waals surface area contributed by atoms with E-state index in [0.29, 0.717) is 24.0 Å². The van der Waals surface area contributed by atoms with Crippen LogP contribution in [0.4, 0.5) is 4.79 Å². The fraction of sp³-hybridized carbons (Fsp3) is 0.781. The van der Waals surface area contributed by atoms with Crippen LogP contribution in [0.25, 0.3) is 11.2 Å². The van der Waals surface area contributed by atoms with E-state index in [9.17, 15) is 9.90 Å². The van der Waals surface area contributed by atoms with E-state index in [0.717, 1.165) is 49.8 Å². The fourth-order valence-corrected chi connectivity index (χ4v) is 6.23. The molecule has 0 radical (unpaired) electrons. The van der Waals surface area contributed by atoms with Crippen molar-refractivity contribution in [3.8, 4) is 0 Å². The molecular formula is C32H54N4O3. The van der Waals surface area contributed by atoms with Gasteiger partial charge < -0.3 is 19.3 Å². The topological polar surface area (TPSA) is 80.5 Å². The van der Waals surface area contributed by atoms with Gasteiger partial charge in [-0.2, -0.15) is 0 Å². The average molecular weight is 543 g/mol. The molecule has 1 aliphatic rings. The zero-order valence-corrected chi connectivity index (χ0v) is 26.5. The van der Waals surface area contributed by atoms with Gasteiger partial charge in [-0.15, -0.1) is 0 Å². The number of hydrogen-bond acceptors (Lipinski definition) is 5. The molecule has 7 nitrogen and oxygen atoms in total. The minimum atomic E-state index is -0.660. The Morgan fingerprint density at radius 1 is 1.18 bits per heavy atom. The molecule has 7 heteroatoms. The van der Waals surface area contributed by atoms with E-state index >= 15 is 0 Å². The number of ether oxygens (including phenoxy) is 1. The second-order valence-corrected chi connectivity index (χ2v) is 14.7. The molecule has 0 fully saturated rings. The Hall–Kier alpha value is -2.15. The maximum Gasteiger partial charge on any atom is 0.410 e. The summed E-state index contributed by atoms with van der Waals surface area (Å²) < 4.78 is 8.13. The van der Waals surface area contributed by atoms with Crippen LogP contribution in [-0.2, 0) is 16.7 Å². The van der Waals surface area contributed by atoms with Crippen LogP contribution < -0.4 is 0 Å². The van der Waals surface area contributed by atoms with Crippen LogP contribution in [-0.4, -0.2) is 47.8 Å². The van der Waals surface area contributed by atoms with Gasteiger partial charge in [-0.3, -0.25) is 4.98 Å². The van der Waals surface area contributed by atoms with E-state index in [1.807, 2.05) is 25.7 Å². The Morgan fingerprint density at radius 2 is 1.85 bits per heavy atom. The zero-order valence-electron chi connectivity index (χ0n) is 26.5. The van der Waals surface area contributed by atoms with Crippen LogP contribution in [0.3, 0.4) is 0 Å². The molecule has 3 unspecified atom stereocenters. The van der Waals surface area contributed by atoms with Crippen LogP contribution >= 0.6 is 0 Å². The summed E-state index contributed by atoms with van der Waals surface area (Å²) in [4.78, 5) is 24.9. The SMILES string of the molecule is CCC(C(CCCC(O)c1cnc2cc3n(c2n1)CCC3(C)C)CC(C)C)N(C(=O)OC(C)(C)C)C(C)(C)C. The third-order valence-corrected chi connectivity index (χ3v) is 8.05. The van der Waals surface area contributed by atoms with Gasteiger partial charge in [0.15, 0.2) is 5.65 Å². The lowest BCUT2D eigenvalue weighted by Gasteiger charge is -2.45. The van der Waals surface area contributed by atoms with Crippen LogP contribution in [0.2, 0.25) is 0 Å². The number of aliphatic hydroxyl groups is 1. The number of aliphatic hydroxyl groups excluding tert-OH is 1. The minimum absolute atomic E-state index is 0.0576. The molecule has 3 atom stereocenters. The summed E-state index contributed by atoms with van der Waals surface area (Å²) >= 11 is 0. The minimum Gasteiger partial charge on any atom is -0.444 e. The molecule has 0 saturated carbocycles. The van der Waals surface area contributed by atoms with E-state index in [2.05, 4.69) is 71.0 Å². The van der Waals surface area contributed by atoms with Gasteiger partial charge in [0.05, 0.1) is 18.0 Å². The molecule has 0 aliphatic carbocycles. The molecule has 2 aromatic rings. The normalized spacial score (nSPS) is 17.8. The molecule has 0 spiro atoms. The number of aryl methyl sites for hydroxylation is 1. The molecule has 1 N–H and O–H groups in total. The Labute approximate surface area is 236 Å². The quantitative estimate of drug-likeness (QED) is 0.331. The molecule has 0 aromatic carbocycles. The molecule has 0 bridgehead atoms. The molecule has 39 heavy (non-hydrogen) atoms. The predicted molar refractivity (Wildman–Crippen MR) is 159 cm³/mol. The van der Waals surface area contributed by atoms with E-state index in [4.69, 9.17) is 9.72 Å². The lowest BCUT2D eigenvalue weighted by Crippen LogP contribution is -2.55. The van der Waals surface area contributed by atoms with Gasteiger partial charge >= 0.3 is 6.09 Å². The van der Waals surface area contributed by atoms with Gasteiger partial charge in [0, 0.05) is 29.2 Å². The molecule has 2 aromatic heterocycles. The highest BCUT2D eigenvalue weighted by atomic mass is 16.6. The highest BCUT2D eigenvalue weighted by molar-refractivity contribution is 5.74. The number of carbonyl (C=O) groups excluding carboxylic acids is 1. The van der Waals surface area contributed by atoms with Crippen molar-refractivity contribution in [2.45, 2.75) is 150 Å². The van der Waals surface area contributed by atoms with Gasteiger partial charge in [0.1, 0.15) is 11.1 Å². The largest absolute Gasteiger partial charge is 0.444 e. The summed E-state index contributed by atoms with van der Waals surface area (Å²) in [7, 11) is 0. The zero-order chi connectivity index (χ0) is 29.3. The summed E-state index contributed by atoms with van der Waals surface area (Å²) in [5.74, 6) is 0.807. The Balaban J connectivity index is 1.75. The number of hydrogen-bond donors (Lipinski definition) is 1. The number of amides is 1. The van der Waals surface area contributed by atoms with Crippen molar-refractivity contribution in [2.24, 2.45) is 11.8 Å². The standard InChI is InChI=1S/C32H54N4O3/c1-12-25(36(30(4,5)6)29(38)39-31(7,8)9)22(18-21(2)3)14-13-15-26(37)24-20-33-23-19-27-32(10,11)16-17-35(27)28(23)34-24/h19-22,25-26,37H,12-18H2,1-11H3. The van der Waals surface area contributed by atoms with Crippen molar-refractivity contribution in [3.63, 3.8) is 0 Å².